The van der Waals surface area contributed by atoms with Gasteiger partial charge in [-0.2, -0.15) is 5.10 Å². The van der Waals surface area contributed by atoms with Gasteiger partial charge in [0.15, 0.2) is 0 Å². The lowest BCUT2D eigenvalue weighted by Crippen LogP contribution is -2.39. The van der Waals surface area contributed by atoms with E-state index >= 15 is 0 Å². The van der Waals surface area contributed by atoms with Crippen LogP contribution in [-0.4, -0.2) is 63.2 Å². The third-order valence-corrected chi connectivity index (χ3v) is 4.59. The molecule has 0 radical (unpaired) electrons. The van der Waals surface area contributed by atoms with E-state index in [2.05, 4.69) is 15.0 Å². The van der Waals surface area contributed by atoms with Crippen LogP contribution in [0.25, 0.3) is 0 Å². The van der Waals surface area contributed by atoms with Crippen LogP contribution in [-0.2, 0) is 11.3 Å². The fraction of sp³-hybridized carbons (Fsp3) is 0.800. The maximum atomic E-state index is 11.6. The molecule has 0 bridgehead atoms. The average molecular weight is 291 g/mol. The molecule has 0 spiro atoms. The number of rotatable bonds is 6. The lowest BCUT2D eigenvalue weighted by atomic mass is 9.98. The number of carbonyl (C=O) groups excluding carboxylic acids is 1. The van der Waals surface area contributed by atoms with Crippen LogP contribution in [0.2, 0.25) is 0 Å². The van der Waals surface area contributed by atoms with E-state index in [9.17, 15) is 4.79 Å². The zero-order chi connectivity index (χ0) is 14.5. The molecule has 2 aliphatic heterocycles. The lowest BCUT2D eigenvalue weighted by Gasteiger charge is -2.33. The second-order valence-corrected chi connectivity index (χ2v) is 6.26. The van der Waals surface area contributed by atoms with E-state index in [4.69, 9.17) is 0 Å². The third-order valence-electron chi connectivity index (χ3n) is 4.59. The highest BCUT2D eigenvalue weighted by Gasteiger charge is 2.22. The molecule has 21 heavy (non-hydrogen) atoms. The number of amides is 1. The van der Waals surface area contributed by atoms with E-state index < -0.39 is 0 Å². The van der Waals surface area contributed by atoms with Crippen LogP contribution < -0.4 is 0 Å². The summed E-state index contributed by atoms with van der Waals surface area (Å²) in [4.78, 5) is 20.2. The zero-order valence-corrected chi connectivity index (χ0v) is 12.7. The van der Waals surface area contributed by atoms with Crippen LogP contribution in [0.5, 0.6) is 0 Å². The predicted octanol–water partition coefficient (Wildman–Crippen LogP) is 1.00. The highest BCUT2D eigenvalue weighted by molar-refractivity contribution is 5.77. The van der Waals surface area contributed by atoms with Crippen molar-refractivity contribution in [2.75, 3.05) is 32.7 Å². The Balaban J connectivity index is 1.38. The molecule has 1 atom stereocenters. The van der Waals surface area contributed by atoms with E-state index in [0.29, 0.717) is 11.8 Å². The van der Waals surface area contributed by atoms with Gasteiger partial charge in [-0.15, -0.1) is 0 Å². The van der Waals surface area contributed by atoms with E-state index in [-0.39, 0.29) is 0 Å². The van der Waals surface area contributed by atoms with Gasteiger partial charge < -0.3 is 9.80 Å². The largest absolute Gasteiger partial charge is 0.343 e. The second-order valence-electron chi connectivity index (χ2n) is 6.26. The van der Waals surface area contributed by atoms with Gasteiger partial charge in [0.1, 0.15) is 12.7 Å². The fourth-order valence-corrected chi connectivity index (χ4v) is 3.52. The smallest absolute Gasteiger partial charge is 0.222 e. The molecule has 1 amide bonds. The first kappa shape index (κ1) is 14.5. The molecular weight excluding hydrogens is 266 g/mol. The average Bonchev–Trinajstić information content (AvgIpc) is 3.12. The molecule has 0 aromatic carbocycles. The van der Waals surface area contributed by atoms with Gasteiger partial charge in [-0.25, -0.2) is 4.98 Å². The topological polar surface area (TPSA) is 54.3 Å². The van der Waals surface area contributed by atoms with Gasteiger partial charge >= 0.3 is 0 Å². The molecule has 6 nitrogen and oxygen atoms in total. The number of carbonyl (C=O) groups is 1. The summed E-state index contributed by atoms with van der Waals surface area (Å²) in [5.41, 5.74) is 0. The number of aromatic nitrogens is 3. The van der Waals surface area contributed by atoms with Crippen LogP contribution in [0, 0.1) is 5.92 Å². The SMILES string of the molecule is O=C1CCCN1CCCN1CCC[C@@H](Cn2cncn2)C1. The molecule has 3 rings (SSSR count). The van der Waals surface area contributed by atoms with E-state index in [1.165, 1.54) is 19.4 Å². The quantitative estimate of drug-likeness (QED) is 0.785. The van der Waals surface area contributed by atoms with Gasteiger partial charge in [-0.1, -0.05) is 0 Å². The minimum absolute atomic E-state index is 0.345. The van der Waals surface area contributed by atoms with E-state index in [1.54, 1.807) is 12.7 Å². The molecule has 0 saturated carbocycles. The number of hydrogen-bond acceptors (Lipinski definition) is 4. The number of hydrogen-bond donors (Lipinski definition) is 0. The number of likely N-dealkylation sites (tertiary alicyclic amines) is 2. The van der Waals surface area contributed by atoms with Gasteiger partial charge in [0, 0.05) is 32.6 Å². The van der Waals surface area contributed by atoms with Crippen LogP contribution in [0.1, 0.15) is 32.1 Å². The Labute approximate surface area is 126 Å². The van der Waals surface area contributed by atoms with Crippen LogP contribution in [0.15, 0.2) is 12.7 Å². The van der Waals surface area contributed by atoms with Crippen molar-refractivity contribution < 1.29 is 4.79 Å². The Bertz CT molecular complexity index is 447. The normalized spacial score (nSPS) is 23.9. The first-order chi connectivity index (χ1) is 10.3. The third kappa shape index (κ3) is 4.03. The Morgan fingerprint density at radius 2 is 2.19 bits per heavy atom. The van der Waals surface area contributed by atoms with E-state index in [0.717, 1.165) is 52.0 Å². The lowest BCUT2D eigenvalue weighted by molar-refractivity contribution is -0.127. The number of piperidine rings is 1. The molecule has 3 heterocycles. The van der Waals surface area contributed by atoms with Crippen LogP contribution in [0.4, 0.5) is 0 Å². The summed E-state index contributed by atoms with van der Waals surface area (Å²) in [5, 5.41) is 4.20. The van der Waals surface area contributed by atoms with Gasteiger partial charge in [0.25, 0.3) is 0 Å². The van der Waals surface area contributed by atoms with Gasteiger partial charge in [-0.05, 0) is 44.7 Å². The van der Waals surface area contributed by atoms with Crippen molar-refractivity contribution in [2.24, 2.45) is 5.92 Å². The van der Waals surface area contributed by atoms with Crippen molar-refractivity contribution in [3.8, 4) is 0 Å². The zero-order valence-electron chi connectivity index (χ0n) is 12.7. The summed E-state index contributed by atoms with van der Waals surface area (Å²) in [6.45, 7) is 6.32. The minimum atomic E-state index is 0.345. The van der Waals surface area contributed by atoms with Crippen molar-refractivity contribution in [2.45, 2.75) is 38.6 Å². The van der Waals surface area contributed by atoms with Crippen molar-refractivity contribution in [3.05, 3.63) is 12.7 Å². The second kappa shape index (κ2) is 7.02. The minimum Gasteiger partial charge on any atom is -0.343 e. The summed E-state index contributed by atoms with van der Waals surface area (Å²) in [6, 6.07) is 0. The van der Waals surface area contributed by atoms with Crippen molar-refractivity contribution in [3.63, 3.8) is 0 Å². The molecule has 2 fully saturated rings. The molecular formula is C15H25N5O. The Morgan fingerprint density at radius 1 is 1.24 bits per heavy atom. The molecule has 0 N–H and O–H groups in total. The van der Waals surface area contributed by atoms with Crippen molar-refractivity contribution in [1.29, 1.82) is 0 Å². The molecule has 0 unspecified atom stereocenters. The Morgan fingerprint density at radius 3 is 2.95 bits per heavy atom. The molecule has 2 aliphatic rings. The standard InChI is InChI=1S/C15H25N5O/c21-15-5-2-8-19(15)9-3-7-18-6-1-4-14(10-18)11-20-13-16-12-17-20/h12-14H,1-11H2/t14-/m1/s1. The molecule has 2 saturated heterocycles. The summed E-state index contributed by atoms with van der Waals surface area (Å²) >= 11 is 0. The molecule has 6 heteroatoms. The van der Waals surface area contributed by atoms with E-state index in [1.807, 2.05) is 9.58 Å². The molecule has 1 aromatic heterocycles. The summed E-state index contributed by atoms with van der Waals surface area (Å²) in [7, 11) is 0. The molecule has 1 aromatic rings. The Hall–Kier alpha value is -1.43. The van der Waals surface area contributed by atoms with Gasteiger partial charge in [-0.3, -0.25) is 9.48 Å². The molecule has 0 aliphatic carbocycles. The maximum Gasteiger partial charge on any atom is 0.222 e. The first-order valence-electron chi connectivity index (χ1n) is 8.14. The fourth-order valence-electron chi connectivity index (χ4n) is 3.52. The summed E-state index contributed by atoms with van der Waals surface area (Å²) < 4.78 is 1.94. The first-order valence-corrected chi connectivity index (χ1v) is 8.14. The van der Waals surface area contributed by atoms with Crippen LogP contribution in [0.3, 0.4) is 0 Å². The highest BCUT2D eigenvalue weighted by Crippen LogP contribution is 2.18. The number of nitrogens with zero attached hydrogens (tertiary/aromatic N) is 5. The monoisotopic (exact) mass is 291 g/mol. The summed E-state index contributed by atoms with van der Waals surface area (Å²) in [5.74, 6) is 1.02. The van der Waals surface area contributed by atoms with Crippen molar-refractivity contribution >= 4 is 5.91 Å². The maximum absolute atomic E-state index is 11.6. The molecule has 116 valence electrons. The van der Waals surface area contributed by atoms with Gasteiger partial charge in [0.05, 0.1) is 0 Å². The van der Waals surface area contributed by atoms with Crippen molar-refractivity contribution in [1.82, 2.24) is 24.6 Å². The highest BCUT2D eigenvalue weighted by atomic mass is 16.2. The van der Waals surface area contributed by atoms with Crippen LogP contribution >= 0.6 is 0 Å². The predicted molar refractivity (Wildman–Crippen MR) is 79.6 cm³/mol. The summed E-state index contributed by atoms with van der Waals surface area (Å²) in [6.07, 6.45) is 8.85. The van der Waals surface area contributed by atoms with Gasteiger partial charge in [0.2, 0.25) is 5.91 Å². The Kier molecular flexibility index (Phi) is 4.85.